The molecule has 4 heteroatoms. The van der Waals surface area contributed by atoms with Crippen molar-refractivity contribution >= 4 is 11.9 Å². The summed E-state index contributed by atoms with van der Waals surface area (Å²) in [6.07, 6.45) is 0.430. The summed E-state index contributed by atoms with van der Waals surface area (Å²) in [4.78, 5) is 22.8. The third-order valence-corrected chi connectivity index (χ3v) is 2.59. The third kappa shape index (κ3) is 2.94. The van der Waals surface area contributed by atoms with E-state index in [4.69, 9.17) is 9.47 Å². The maximum atomic E-state index is 11.5. The quantitative estimate of drug-likeness (QED) is 0.670. The predicted molar refractivity (Wildman–Crippen MR) is 54.1 cm³/mol. The highest BCUT2D eigenvalue weighted by Gasteiger charge is 2.42. The SMILES string of the molecule is CCC(C)C(=O)OC1CC(C)(C)OC1=O. The van der Waals surface area contributed by atoms with Crippen molar-refractivity contribution in [2.75, 3.05) is 0 Å². The van der Waals surface area contributed by atoms with Crippen molar-refractivity contribution < 1.29 is 19.1 Å². The molecule has 1 fully saturated rings. The molecule has 0 N–H and O–H groups in total. The first kappa shape index (κ1) is 12.0. The monoisotopic (exact) mass is 214 g/mol. The molecule has 1 rings (SSSR count). The molecule has 0 aromatic rings. The van der Waals surface area contributed by atoms with E-state index in [1.165, 1.54) is 0 Å². The predicted octanol–water partition coefficient (Wildman–Crippen LogP) is 1.67. The first-order valence-corrected chi connectivity index (χ1v) is 5.29. The maximum Gasteiger partial charge on any atom is 0.348 e. The third-order valence-electron chi connectivity index (χ3n) is 2.59. The summed E-state index contributed by atoms with van der Waals surface area (Å²) >= 11 is 0. The Balaban J connectivity index is 2.53. The number of ether oxygens (including phenoxy) is 2. The summed E-state index contributed by atoms with van der Waals surface area (Å²) in [5.41, 5.74) is -0.516. The molecule has 0 bridgehead atoms. The van der Waals surface area contributed by atoms with E-state index in [2.05, 4.69) is 0 Å². The molecule has 1 aliphatic rings. The summed E-state index contributed by atoms with van der Waals surface area (Å²) in [7, 11) is 0. The van der Waals surface area contributed by atoms with Crippen LogP contribution in [0.4, 0.5) is 0 Å². The molecule has 0 aromatic heterocycles. The normalized spacial score (nSPS) is 25.9. The second-order valence-corrected chi connectivity index (χ2v) is 4.62. The van der Waals surface area contributed by atoms with E-state index in [1.807, 2.05) is 20.8 Å². The molecule has 0 spiro atoms. The van der Waals surface area contributed by atoms with Crippen LogP contribution in [0.3, 0.4) is 0 Å². The zero-order chi connectivity index (χ0) is 11.6. The van der Waals surface area contributed by atoms with Crippen LogP contribution in [0.25, 0.3) is 0 Å². The van der Waals surface area contributed by atoms with Crippen LogP contribution in [0.2, 0.25) is 0 Å². The van der Waals surface area contributed by atoms with Crippen molar-refractivity contribution in [3.05, 3.63) is 0 Å². The van der Waals surface area contributed by atoms with Crippen molar-refractivity contribution in [1.29, 1.82) is 0 Å². The van der Waals surface area contributed by atoms with Crippen LogP contribution in [-0.2, 0) is 19.1 Å². The molecule has 4 nitrogen and oxygen atoms in total. The second-order valence-electron chi connectivity index (χ2n) is 4.62. The first-order chi connectivity index (χ1) is 6.85. The fourth-order valence-electron chi connectivity index (χ4n) is 1.42. The number of esters is 2. The van der Waals surface area contributed by atoms with Gasteiger partial charge in [0.2, 0.25) is 6.10 Å². The molecule has 86 valence electrons. The van der Waals surface area contributed by atoms with Gasteiger partial charge in [-0.05, 0) is 20.3 Å². The van der Waals surface area contributed by atoms with Crippen LogP contribution in [0, 0.1) is 5.92 Å². The summed E-state index contributed by atoms with van der Waals surface area (Å²) in [6, 6.07) is 0. The Morgan fingerprint density at radius 2 is 2.27 bits per heavy atom. The van der Waals surface area contributed by atoms with E-state index in [0.29, 0.717) is 12.8 Å². The van der Waals surface area contributed by atoms with E-state index in [9.17, 15) is 9.59 Å². The van der Waals surface area contributed by atoms with Gasteiger partial charge in [-0.1, -0.05) is 13.8 Å². The lowest BCUT2D eigenvalue weighted by Crippen LogP contribution is -2.26. The molecule has 1 saturated heterocycles. The Morgan fingerprint density at radius 3 is 2.67 bits per heavy atom. The van der Waals surface area contributed by atoms with Crippen LogP contribution in [0.1, 0.15) is 40.5 Å². The maximum absolute atomic E-state index is 11.5. The fraction of sp³-hybridized carbons (Fsp3) is 0.818. The molecule has 0 saturated carbocycles. The van der Waals surface area contributed by atoms with Gasteiger partial charge in [0.15, 0.2) is 0 Å². The Morgan fingerprint density at radius 1 is 1.67 bits per heavy atom. The zero-order valence-corrected chi connectivity index (χ0v) is 9.70. The van der Waals surface area contributed by atoms with Crippen molar-refractivity contribution in [3.8, 4) is 0 Å². The Kier molecular flexibility index (Phi) is 3.37. The molecule has 15 heavy (non-hydrogen) atoms. The van der Waals surface area contributed by atoms with Gasteiger partial charge in [0, 0.05) is 6.42 Å². The van der Waals surface area contributed by atoms with E-state index >= 15 is 0 Å². The average molecular weight is 214 g/mol. The van der Waals surface area contributed by atoms with Gasteiger partial charge in [-0.2, -0.15) is 0 Å². The number of hydrogen-bond acceptors (Lipinski definition) is 4. The molecule has 2 atom stereocenters. The van der Waals surface area contributed by atoms with E-state index in [1.54, 1.807) is 6.92 Å². The van der Waals surface area contributed by atoms with Gasteiger partial charge in [-0.3, -0.25) is 4.79 Å². The molecule has 1 aliphatic heterocycles. The molecule has 0 aliphatic carbocycles. The fourth-order valence-corrected chi connectivity index (χ4v) is 1.42. The second kappa shape index (κ2) is 4.21. The molecule has 1 heterocycles. The van der Waals surface area contributed by atoms with Crippen LogP contribution in [0.15, 0.2) is 0 Å². The van der Waals surface area contributed by atoms with Gasteiger partial charge < -0.3 is 9.47 Å². The number of rotatable bonds is 3. The minimum absolute atomic E-state index is 0.165. The van der Waals surface area contributed by atoms with E-state index in [-0.39, 0.29) is 11.9 Å². The number of hydrogen-bond donors (Lipinski definition) is 0. The molecule has 0 aromatic carbocycles. The highest BCUT2D eigenvalue weighted by Crippen LogP contribution is 2.28. The largest absolute Gasteiger partial charge is 0.457 e. The lowest BCUT2D eigenvalue weighted by atomic mass is 10.0. The highest BCUT2D eigenvalue weighted by atomic mass is 16.6. The van der Waals surface area contributed by atoms with Crippen molar-refractivity contribution in [2.24, 2.45) is 5.92 Å². The molecule has 0 radical (unpaired) electrons. The smallest absolute Gasteiger partial charge is 0.348 e. The van der Waals surface area contributed by atoms with Gasteiger partial charge in [-0.15, -0.1) is 0 Å². The number of cyclic esters (lactones) is 1. The average Bonchev–Trinajstić information content (AvgIpc) is 2.38. The molecular weight excluding hydrogens is 196 g/mol. The Labute approximate surface area is 89.9 Å². The van der Waals surface area contributed by atoms with Gasteiger partial charge in [-0.25, -0.2) is 4.79 Å². The van der Waals surface area contributed by atoms with Crippen LogP contribution >= 0.6 is 0 Å². The minimum Gasteiger partial charge on any atom is -0.457 e. The summed E-state index contributed by atoms with van der Waals surface area (Å²) in [5.74, 6) is -0.921. The van der Waals surface area contributed by atoms with Crippen molar-refractivity contribution in [1.82, 2.24) is 0 Å². The van der Waals surface area contributed by atoms with Gasteiger partial charge >= 0.3 is 11.9 Å². The van der Waals surface area contributed by atoms with Crippen molar-refractivity contribution in [3.63, 3.8) is 0 Å². The summed E-state index contributed by atoms with van der Waals surface area (Å²) in [5, 5.41) is 0. The molecule has 2 unspecified atom stereocenters. The van der Waals surface area contributed by atoms with E-state index in [0.717, 1.165) is 0 Å². The van der Waals surface area contributed by atoms with Crippen LogP contribution < -0.4 is 0 Å². The topological polar surface area (TPSA) is 52.6 Å². The number of carbonyl (C=O) groups is 2. The van der Waals surface area contributed by atoms with Crippen LogP contribution in [-0.4, -0.2) is 23.6 Å². The van der Waals surface area contributed by atoms with Crippen LogP contribution in [0.5, 0.6) is 0 Å². The lowest BCUT2D eigenvalue weighted by Gasteiger charge is -2.14. The minimum atomic E-state index is -0.721. The Hall–Kier alpha value is -1.06. The van der Waals surface area contributed by atoms with Gasteiger partial charge in [0.1, 0.15) is 5.60 Å². The molecular formula is C11H18O4. The Bertz CT molecular complexity index is 270. The molecule has 0 amide bonds. The lowest BCUT2D eigenvalue weighted by molar-refractivity contribution is -0.164. The van der Waals surface area contributed by atoms with Crippen molar-refractivity contribution in [2.45, 2.75) is 52.2 Å². The summed E-state index contributed by atoms with van der Waals surface area (Å²) < 4.78 is 10.2. The zero-order valence-electron chi connectivity index (χ0n) is 9.70. The summed E-state index contributed by atoms with van der Waals surface area (Å²) in [6.45, 7) is 7.31. The van der Waals surface area contributed by atoms with E-state index < -0.39 is 17.7 Å². The van der Waals surface area contributed by atoms with Gasteiger partial charge in [0.05, 0.1) is 5.92 Å². The highest BCUT2D eigenvalue weighted by molar-refractivity contribution is 5.82. The van der Waals surface area contributed by atoms with Gasteiger partial charge in [0.25, 0.3) is 0 Å². The number of carbonyl (C=O) groups excluding carboxylic acids is 2. The standard InChI is InChI=1S/C11H18O4/c1-5-7(2)9(12)14-8-6-11(3,4)15-10(8)13/h7-8H,5-6H2,1-4H3. The first-order valence-electron chi connectivity index (χ1n) is 5.29.